The quantitative estimate of drug-likeness (QED) is 0.882. The third-order valence-corrected chi connectivity index (χ3v) is 5.40. The van der Waals surface area contributed by atoms with Gasteiger partial charge in [-0.05, 0) is 49.7 Å². The molecule has 0 spiro atoms. The van der Waals surface area contributed by atoms with Crippen molar-refractivity contribution in [3.63, 3.8) is 0 Å². The highest BCUT2D eigenvalue weighted by molar-refractivity contribution is 9.10. The lowest BCUT2D eigenvalue weighted by molar-refractivity contribution is -0.00520. The second-order valence-corrected chi connectivity index (χ2v) is 7.47. The maximum Gasteiger partial charge on any atom is 0.107 e. The average Bonchev–Trinajstić information content (AvgIpc) is 2.41. The summed E-state index contributed by atoms with van der Waals surface area (Å²) in [4.78, 5) is 1.15. The molecule has 0 saturated heterocycles. The number of hydrogen-bond acceptors (Lipinski definition) is 3. The Kier molecular flexibility index (Phi) is 4.46. The first-order valence-corrected chi connectivity index (χ1v) is 7.03. The summed E-state index contributed by atoms with van der Waals surface area (Å²) in [7, 11) is 0. The van der Waals surface area contributed by atoms with Crippen LogP contribution in [-0.4, -0.2) is 16.2 Å². The first kappa shape index (κ1) is 14.5. The van der Waals surface area contributed by atoms with Crippen molar-refractivity contribution in [2.45, 2.75) is 45.4 Å². The number of thiophene rings is 1. The maximum atomic E-state index is 9.99. The Bertz CT molecular complexity index is 351. The molecule has 1 rings (SSSR count). The SMILES string of the molecule is CC(C)(O)C(C)(C)NCc1cc(Br)c(Cl)s1. The summed E-state index contributed by atoms with van der Waals surface area (Å²) in [5, 5.41) is 13.3. The summed E-state index contributed by atoms with van der Waals surface area (Å²) in [5.74, 6) is 0. The molecule has 0 aliphatic rings. The Morgan fingerprint density at radius 3 is 2.38 bits per heavy atom. The first-order valence-electron chi connectivity index (χ1n) is 5.04. The molecule has 0 aliphatic heterocycles. The second kappa shape index (κ2) is 4.94. The first-order chi connectivity index (χ1) is 7.13. The molecular weight excluding hydrogens is 310 g/mol. The highest BCUT2D eigenvalue weighted by Gasteiger charge is 2.34. The lowest BCUT2D eigenvalue weighted by atomic mass is 9.86. The van der Waals surface area contributed by atoms with Crippen LogP contribution in [0, 0.1) is 0 Å². The lowest BCUT2D eigenvalue weighted by Gasteiger charge is -2.38. The van der Waals surface area contributed by atoms with Gasteiger partial charge < -0.3 is 10.4 Å². The van der Waals surface area contributed by atoms with E-state index in [1.165, 1.54) is 0 Å². The van der Waals surface area contributed by atoms with Crippen LogP contribution in [0.2, 0.25) is 4.34 Å². The Morgan fingerprint density at radius 2 is 2.00 bits per heavy atom. The minimum Gasteiger partial charge on any atom is -0.389 e. The van der Waals surface area contributed by atoms with E-state index in [0.29, 0.717) is 6.54 Å². The van der Waals surface area contributed by atoms with Gasteiger partial charge in [-0.3, -0.25) is 0 Å². The van der Waals surface area contributed by atoms with Gasteiger partial charge in [-0.2, -0.15) is 0 Å². The summed E-state index contributed by atoms with van der Waals surface area (Å²) < 4.78 is 1.69. The number of rotatable bonds is 4. The van der Waals surface area contributed by atoms with Crippen molar-refractivity contribution < 1.29 is 5.11 Å². The van der Waals surface area contributed by atoms with Crippen LogP contribution in [0.3, 0.4) is 0 Å². The summed E-state index contributed by atoms with van der Waals surface area (Å²) in [5.41, 5.74) is -1.12. The summed E-state index contributed by atoms with van der Waals surface area (Å²) in [6.07, 6.45) is 0. The van der Waals surface area contributed by atoms with Crippen molar-refractivity contribution in [1.82, 2.24) is 5.32 Å². The van der Waals surface area contributed by atoms with E-state index in [4.69, 9.17) is 11.6 Å². The minimum absolute atomic E-state index is 0.351. The molecule has 0 radical (unpaired) electrons. The molecule has 1 aromatic rings. The van der Waals surface area contributed by atoms with Gasteiger partial charge in [-0.1, -0.05) is 11.6 Å². The molecule has 1 aromatic heterocycles. The van der Waals surface area contributed by atoms with Gasteiger partial charge in [0.25, 0.3) is 0 Å². The summed E-state index contributed by atoms with van der Waals surface area (Å²) in [6, 6.07) is 2.00. The second-order valence-electron chi connectivity index (χ2n) is 4.87. The van der Waals surface area contributed by atoms with Gasteiger partial charge in [0.1, 0.15) is 4.34 Å². The van der Waals surface area contributed by atoms with E-state index in [9.17, 15) is 5.11 Å². The van der Waals surface area contributed by atoms with Crippen LogP contribution < -0.4 is 5.32 Å². The third kappa shape index (κ3) is 3.44. The van der Waals surface area contributed by atoms with Gasteiger partial charge in [0, 0.05) is 21.4 Å². The molecule has 92 valence electrons. The molecule has 2 nitrogen and oxygen atoms in total. The molecule has 5 heteroatoms. The maximum absolute atomic E-state index is 9.99. The van der Waals surface area contributed by atoms with Crippen LogP contribution in [0.5, 0.6) is 0 Å². The normalized spacial score (nSPS) is 13.2. The fourth-order valence-electron chi connectivity index (χ4n) is 1.00. The molecule has 0 amide bonds. The van der Waals surface area contributed by atoms with E-state index in [2.05, 4.69) is 21.2 Å². The Balaban J connectivity index is 2.65. The number of halogens is 2. The van der Waals surface area contributed by atoms with Gasteiger partial charge in [-0.15, -0.1) is 11.3 Å². The van der Waals surface area contributed by atoms with E-state index in [1.807, 2.05) is 19.9 Å². The molecule has 0 aliphatic carbocycles. The highest BCUT2D eigenvalue weighted by Crippen LogP contribution is 2.32. The Hall–Kier alpha value is 0.390. The predicted molar refractivity (Wildman–Crippen MR) is 74.2 cm³/mol. The van der Waals surface area contributed by atoms with Crippen LogP contribution in [0.4, 0.5) is 0 Å². The smallest absolute Gasteiger partial charge is 0.107 e. The third-order valence-electron chi connectivity index (χ3n) is 2.93. The van der Waals surface area contributed by atoms with Crippen molar-refractivity contribution in [3.05, 3.63) is 19.8 Å². The van der Waals surface area contributed by atoms with Gasteiger partial charge in [0.15, 0.2) is 0 Å². The van der Waals surface area contributed by atoms with E-state index in [0.717, 1.165) is 13.7 Å². The molecule has 16 heavy (non-hydrogen) atoms. The van der Waals surface area contributed by atoms with E-state index in [-0.39, 0.29) is 5.54 Å². The Labute approximate surface area is 114 Å². The zero-order valence-electron chi connectivity index (χ0n) is 9.90. The van der Waals surface area contributed by atoms with Gasteiger partial charge in [0.05, 0.1) is 5.60 Å². The monoisotopic (exact) mass is 325 g/mol. The lowest BCUT2D eigenvalue weighted by Crippen LogP contribution is -2.55. The molecule has 2 N–H and O–H groups in total. The van der Waals surface area contributed by atoms with Crippen molar-refractivity contribution in [1.29, 1.82) is 0 Å². The van der Waals surface area contributed by atoms with Crippen molar-refractivity contribution >= 4 is 38.9 Å². The number of nitrogens with one attached hydrogen (secondary N) is 1. The van der Waals surface area contributed by atoms with Crippen LogP contribution >= 0.6 is 38.9 Å². The molecule has 0 fully saturated rings. The zero-order valence-corrected chi connectivity index (χ0v) is 13.1. The fourth-order valence-corrected chi connectivity index (χ4v) is 2.73. The number of aliphatic hydroxyl groups is 1. The van der Waals surface area contributed by atoms with Crippen molar-refractivity contribution in [2.24, 2.45) is 0 Å². The zero-order chi connectivity index (χ0) is 12.6. The van der Waals surface area contributed by atoms with Gasteiger partial charge >= 0.3 is 0 Å². The molecule has 0 unspecified atom stereocenters. The van der Waals surface area contributed by atoms with Gasteiger partial charge in [0.2, 0.25) is 0 Å². The molecule has 0 atom stereocenters. The molecule has 1 heterocycles. The van der Waals surface area contributed by atoms with Crippen molar-refractivity contribution in [2.75, 3.05) is 0 Å². The fraction of sp³-hybridized carbons (Fsp3) is 0.636. The summed E-state index contributed by atoms with van der Waals surface area (Å²) in [6.45, 7) is 8.27. The van der Waals surface area contributed by atoms with Crippen LogP contribution in [-0.2, 0) is 6.54 Å². The molecule has 0 saturated carbocycles. The predicted octanol–water partition coefficient (Wildman–Crippen LogP) is 3.80. The highest BCUT2D eigenvalue weighted by atomic mass is 79.9. The number of hydrogen-bond donors (Lipinski definition) is 2. The molecular formula is C11H17BrClNOS. The average molecular weight is 327 g/mol. The van der Waals surface area contributed by atoms with E-state index < -0.39 is 5.60 Å². The van der Waals surface area contributed by atoms with Crippen LogP contribution in [0.1, 0.15) is 32.6 Å². The van der Waals surface area contributed by atoms with Crippen LogP contribution in [0.15, 0.2) is 10.5 Å². The van der Waals surface area contributed by atoms with Crippen molar-refractivity contribution in [3.8, 4) is 0 Å². The molecule has 0 bridgehead atoms. The Morgan fingerprint density at radius 1 is 1.44 bits per heavy atom. The van der Waals surface area contributed by atoms with Gasteiger partial charge in [-0.25, -0.2) is 0 Å². The summed E-state index contributed by atoms with van der Waals surface area (Å²) >= 11 is 10.9. The standard InChI is InChI=1S/C11H17BrClNOS/c1-10(2,11(3,4)15)14-6-7-5-8(12)9(13)16-7/h5,14-15H,6H2,1-4H3. The van der Waals surface area contributed by atoms with E-state index >= 15 is 0 Å². The topological polar surface area (TPSA) is 32.3 Å². The minimum atomic E-state index is -0.773. The largest absolute Gasteiger partial charge is 0.389 e. The molecule has 0 aromatic carbocycles. The van der Waals surface area contributed by atoms with Crippen LogP contribution in [0.25, 0.3) is 0 Å². The van der Waals surface area contributed by atoms with E-state index in [1.54, 1.807) is 25.2 Å².